The van der Waals surface area contributed by atoms with Crippen LogP contribution in [0.3, 0.4) is 0 Å². The molecule has 0 aromatic heterocycles. The Morgan fingerprint density at radius 3 is 2.29 bits per heavy atom. The summed E-state index contributed by atoms with van der Waals surface area (Å²) in [7, 11) is 1.61. The second kappa shape index (κ2) is 9.35. The monoisotopic (exact) mass is 463 g/mol. The Morgan fingerprint density at radius 2 is 1.62 bits per heavy atom. The molecule has 1 N–H and O–H groups in total. The summed E-state index contributed by atoms with van der Waals surface area (Å²) >= 11 is 0. The van der Waals surface area contributed by atoms with E-state index in [1.165, 1.54) is 12.1 Å². The molecule has 0 saturated carbocycles. The van der Waals surface area contributed by atoms with Gasteiger partial charge in [-0.1, -0.05) is 30.3 Å². The van der Waals surface area contributed by atoms with Gasteiger partial charge in [0.1, 0.15) is 11.6 Å². The summed E-state index contributed by atoms with van der Waals surface area (Å²) in [6.07, 6.45) is 0. The van der Waals surface area contributed by atoms with Crippen molar-refractivity contribution in [3.8, 4) is 17.2 Å². The highest BCUT2D eigenvalue weighted by Gasteiger charge is 2.43. The highest BCUT2D eigenvalue weighted by molar-refractivity contribution is 5.73. The van der Waals surface area contributed by atoms with Gasteiger partial charge in [-0.2, -0.15) is 0 Å². The van der Waals surface area contributed by atoms with E-state index in [2.05, 4.69) is 4.90 Å². The zero-order valence-corrected chi connectivity index (χ0v) is 18.8. The topological polar surface area (TPSA) is 68.2 Å². The quantitative estimate of drug-likeness (QED) is 0.574. The van der Waals surface area contributed by atoms with E-state index in [9.17, 15) is 14.3 Å². The Kier molecular flexibility index (Phi) is 6.11. The van der Waals surface area contributed by atoms with Gasteiger partial charge in [-0.25, -0.2) is 4.39 Å². The van der Waals surface area contributed by atoms with E-state index >= 15 is 0 Å². The first-order chi connectivity index (χ1) is 16.5. The van der Waals surface area contributed by atoms with Crippen molar-refractivity contribution in [2.24, 2.45) is 5.92 Å². The zero-order valence-electron chi connectivity index (χ0n) is 18.8. The third kappa shape index (κ3) is 4.43. The van der Waals surface area contributed by atoms with Crippen molar-refractivity contribution in [3.63, 3.8) is 0 Å². The number of fused-ring (bicyclic) bond motifs is 1. The van der Waals surface area contributed by atoms with Crippen LogP contribution in [0.5, 0.6) is 17.2 Å². The van der Waals surface area contributed by atoms with Crippen LogP contribution in [0.25, 0.3) is 0 Å². The van der Waals surface area contributed by atoms with E-state index in [4.69, 9.17) is 14.2 Å². The summed E-state index contributed by atoms with van der Waals surface area (Å²) in [5, 5.41) is 10.4. The van der Waals surface area contributed by atoms with Crippen LogP contribution in [0.2, 0.25) is 0 Å². The number of benzene rings is 3. The molecule has 176 valence electrons. The number of ether oxygens (including phenoxy) is 3. The summed E-state index contributed by atoms with van der Waals surface area (Å²) in [4.78, 5) is 14.9. The molecule has 1 unspecified atom stereocenters. The molecule has 0 amide bonds. The maximum Gasteiger partial charge on any atom is 0.307 e. The fourth-order valence-corrected chi connectivity index (χ4v) is 5.08. The largest absolute Gasteiger partial charge is 0.497 e. The van der Waals surface area contributed by atoms with Crippen LogP contribution in [-0.4, -0.2) is 43.0 Å². The molecule has 3 atom stereocenters. The van der Waals surface area contributed by atoms with Crippen molar-refractivity contribution in [3.05, 3.63) is 89.2 Å². The zero-order chi connectivity index (χ0) is 23.7. The molecule has 3 aromatic rings. The lowest BCUT2D eigenvalue weighted by Gasteiger charge is -2.42. The van der Waals surface area contributed by atoms with Crippen molar-refractivity contribution >= 4 is 5.97 Å². The molecule has 0 bridgehead atoms. The van der Waals surface area contributed by atoms with Gasteiger partial charge >= 0.3 is 5.97 Å². The van der Waals surface area contributed by atoms with Crippen molar-refractivity contribution in [1.82, 2.24) is 4.90 Å². The van der Waals surface area contributed by atoms with E-state index in [0.29, 0.717) is 31.1 Å². The number of hydrogen-bond donors (Lipinski definition) is 1. The predicted molar refractivity (Wildman–Crippen MR) is 124 cm³/mol. The van der Waals surface area contributed by atoms with Gasteiger partial charge < -0.3 is 19.3 Å². The highest BCUT2D eigenvalue weighted by atomic mass is 19.1. The summed E-state index contributed by atoms with van der Waals surface area (Å²) in [6, 6.07) is 19.7. The smallest absolute Gasteiger partial charge is 0.307 e. The third-order valence-electron chi connectivity index (χ3n) is 6.75. The van der Waals surface area contributed by atoms with Crippen molar-refractivity contribution in [2.45, 2.75) is 18.4 Å². The lowest BCUT2D eigenvalue weighted by atomic mass is 9.71. The van der Waals surface area contributed by atoms with Crippen molar-refractivity contribution < 1.29 is 28.5 Å². The van der Waals surface area contributed by atoms with Crippen LogP contribution in [0, 0.1) is 11.7 Å². The minimum atomic E-state index is -0.829. The van der Waals surface area contributed by atoms with Crippen molar-refractivity contribution in [2.75, 3.05) is 27.0 Å². The molecule has 2 heterocycles. The molecule has 7 heteroatoms. The second-order valence-corrected chi connectivity index (χ2v) is 8.78. The molecule has 5 rings (SSSR count). The third-order valence-corrected chi connectivity index (χ3v) is 6.75. The number of aliphatic carboxylic acids is 1. The number of hydrogen-bond acceptors (Lipinski definition) is 5. The van der Waals surface area contributed by atoms with Crippen LogP contribution in [0.1, 0.15) is 28.5 Å². The van der Waals surface area contributed by atoms with E-state index in [0.717, 1.165) is 22.4 Å². The van der Waals surface area contributed by atoms with Crippen LogP contribution < -0.4 is 14.2 Å². The Bertz CT molecular complexity index is 1160. The van der Waals surface area contributed by atoms with Crippen LogP contribution in [-0.2, 0) is 11.3 Å². The van der Waals surface area contributed by atoms with Gasteiger partial charge in [0.05, 0.1) is 13.0 Å². The SMILES string of the molecule is COc1ccc([C@H]2CN(Cc3ccc(F)cc3)CC(c3ccc4c(c3)OCO4)[C@@H]2C(=O)O)cc1. The standard InChI is InChI=1S/C27H26FNO5/c1-32-21-9-4-18(5-10-21)22-14-29(13-17-2-7-20(28)8-3-17)15-23(26(22)27(30)31)19-6-11-24-25(12-19)34-16-33-24/h2-12,22-23,26H,13-16H2,1H3,(H,30,31)/t22-,23?,26-/m1/s1. The molecule has 2 aliphatic rings. The van der Waals surface area contributed by atoms with Crippen LogP contribution in [0.4, 0.5) is 4.39 Å². The number of carboxylic acids is 1. The van der Waals surface area contributed by atoms with Crippen LogP contribution >= 0.6 is 0 Å². The lowest BCUT2D eigenvalue weighted by Crippen LogP contribution is -2.46. The maximum absolute atomic E-state index is 13.4. The van der Waals surface area contributed by atoms with Gasteiger partial charge in [0, 0.05) is 31.5 Å². The van der Waals surface area contributed by atoms with E-state index in [-0.39, 0.29) is 24.4 Å². The number of rotatable bonds is 6. The minimum Gasteiger partial charge on any atom is -0.497 e. The number of halogens is 1. The molecule has 0 spiro atoms. The van der Waals surface area contributed by atoms with Crippen LogP contribution in [0.15, 0.2) is 66.7 Å². The number of methoxy groups -OCH3 is 1. The number of likely N-dealkylation sites (tertiary alicyclic amines) is 1. The van der Waals surface area contributed by atoms with E-state index in [1.807, 2.05) is 42.5 Å². The first kappa shape index (κ1) is 22.2. The molecule has 2 aliphatic heterocycles. The lowest BCUT2D eigenvalue weighted by molar-refractivity contribution is -0.145. The van der Waals surface area contributed by atoms with E-state index < -0.39 is 11.9 Å². The Balaban J connectivity index is 1.52. The first-order valence-electron chi connectivity index (χ1n) is 11.2. The molecule has 3 aromatic carbocycles. The summed E-state index contributed by atoms with van der Waals surface area (Å²) in [6.45, 7) is 1.89. The van der Waals surface area contributed by atoms with Gasteiger partial charge in [-0.15, -0.1) is 0 Å². The summed E-state index contributed by atoms with van der Waals surface area (Å²) in [5.41, 5.74) is 2.83. The van der Waals surface area contributed by atoms with Gasteiger partial charge in [0.15, 0.2) is 11.5 Å². The molecule has 1 fully saturated rings. The first-order valence-corrected chi connectivity index (χ1v) is 11.2. The average molecular weight is 464 g/mol. The Labute approximate surface area is 197 Å². The molecule has 1 saturated heterocycles. The molecule has 0 aliphatic carbocycles. The molecular weight excluding hydrogens is 437 g/mol. The van der Waals surface area contributed by atoms with Gasteiger partial charge in [-0.05, 0) is 53.1 Å². The molecule has 34 heavy (non-hydrogen) atoms. The number of carbonyl (C=O) groups is 1. The van der Waals surface area contributed by atoms with E-state index in [1.54, 1.807) is 19.2 Å². The fraction of sp³-hybridized carbons (Fsp3) is 0.296. The summed E-state index contributed by atoms with van der Waals surface area (Å²) < 4.78 is 29.7. The second-order valence-electron chi connectivity index (χ2n) is 8.78. The predicted octanol–water partition coefficient (Wildman–Crippen LogP) is 4.65. The maximum atomic E-state index is 13.4. The number of carboxylic acid groups (broad SMARTS) is 1. The van der Waals surface area contributed by atoms with Gasteiger partial charge in [0.2, 0.25) is 6.79 Å². The fourth-order valence-electron chi connectivity index (χ4n) is 5.08. The van der Waals surface area contributed by atoms with Crippen molar-refractivity contribution in [1.29, 1.82) is 0 Å². The normalized spacial score (nSPS) is 21.9. The number of nitrogens with zero attached hydrogens (tertiary/aromatic N) is 1. The molecule has 0 radical (unpaired) electrons. The van der Waals surface area contributed by atoms with Gasteiger partial charge in [-0.3, -0.25) is 9.69 Å². The van der Waals surface area contributed by atoms with Gasteiger partial charge in [0.25, 0.3) is 0 Å². The molecule has 6 nitrogen and oxygen atoms in total. The molecular formula is C27H26FNO5. The average Bonchev–Trinajstić information content (AvgIpc) is 3.33. The Hall–Kier alpha value is -3.58. The Morgan fingerprint density at radius 1 is 0.971 bits per heavy atom. The number of piperidine rings is 1. The minimum absolute atomic E-state index is 0.164. The summed E-state index contributed by atoms with van der Waals surface area (Å²) in [5.74, 6) is -0.214. The highest BCUT2D eigenvalue weighted by Crippen LogP contribution is 2.44.